The van der Waals surface area contributed by atoms with Crippen molar-refractivity contribution in [2.45, 2.75) is 51.5 Å². The number of likely N-dealkylation sites (N-methyl/N-ethyl adjacent to an activating group) is 1. The Hall–Kier alpha value is -0.600. The van der Waals surface area contributed by atoms with Crippen LogP contribution in [0.25, 0.3) is 0 Å². The molecule has 0 fully saturated rings. The Bertz CT molecular complexity index is 340. The van der Waals surface area contributed by atoms with E-state index in [1.54, 1.807) is 16.9 Å². The molecule has 1 aliphatic carbocycles. The molecule has 1 N–H and O–H groups in total. The SMILES string of the molecule is CCNC(Cc1ccsc1)C1=CCCCCC1. The maximum atomic E-state index is 3.65. The molecule has 0 spiro atoms. The molecule has 0 amide bonds. The average Bonchev–Trinajstić information content (AvgIpc) is 2.69. The van der Waals surface area contributed by atoms with Crippen LogP contribution in [-0.2, 0) is 6.42 Å². The molecule has 1 heterocycles. The molecule has 2 rings (SSSR count). The number of hydrogen-bond acceptors (Lipinski definition) is 2. The Kier molecular flexibility index (Phi) is 5.27. The highest BCUT2D eigenvalue weighted by Gasteiger charge is 2.15. The molecule has 0 radical (unpaired) electrons. The number of allylic oxidation sites excluding steroid dienone is 1. The van der Waals surface area contributed by atoms with Crippen molar-refractivity contribution in [3.63, 3.8) is 0 Å². The molecule has 2 heteroatoms. The van der Waals surface area contributed by atoms with Gasteiger partial charge < -0.3 is 5.32 Å². The lowest BCUT2D eigenvalue weighted by Gasteiger charge is -2.20. The second kappa shape index (κ2) is 6.97. The quantitative estimate of drug-likeness (QED) is 0.773. The van der Waals surface area contributed by atoms with Crippen LogP contribution in [0.15, 0.2) is 28.5 Å². The van der Waals surface area contributed by atoms with Gasteiger partial charge in [0.15, 0.2) is 0 Å². The van der Waals surface area contributed by atoms with Crippen molar-refractivity contribution in [3.8, 4) is 0 Å². The second-order valence-electron chi connectivity index (χ2n) is 4.82. The van der Waals surface area contributed by atoms with Crippen LogP contribution in [-0.4, -0.2) is 12.6 Å². The normalized spacial score (nSPS) is 18.5. The van der Waals surface area contributed by atoms with Gasteiger partial charge in [0.05, 0.1) is 0 Å². The Labute approximate surface area is 109 Å². The molecule has 0 bridgehead atoms. The van der Waals surface area contributed by atoms with Gasteiger partial charge in [-0.1, -0.05) is 25.0 Å². The summed E-state index contributed by atoms with van der Waals surface area (Å²) in [7, 11) is 0. The summed E-state index contributed by atoms with van der Waals surface area (Å²) in [6, 6.07) is 2.82. The highest BCUT2D eigenvalue weighted by atomic mass is 32.1. The van der Waals surface area contributed by atoms with E-state index < -0.39 is 0 Å². The fourth-order valence-electron chi connectivity index (χ4n) is 2.58. The van der Waals surface area contributed by atoms with Gasteiger partial charge in [0.1, 0.15) is 0 Å². The van der Waals surface area contributed by atoms with E-state index in [4.69, 9.17) is 0 Å². The molecule has 1 aromatic rings. The van der Waals surface area contributed by atoms with E-state index in [1.165, 1.54) is 37.7 Å². The minimum absolute atomic E-state index is 0.563. The third kappa shape index (κ3) is 3.97. The van der Waals surface area contributed by atoms with Crippen LogP contribution in [0.5, 0.6) is 0 Å². The molecule has 17 heavy (non-hydrogen) atoms. The standard InChI is InChI=1S/C15H23NS/c1-2-16-15(11-13-9-10-17-12-13)14-7-5-3-4-6-8-14/h7,9-10,12,15-16H,2-6,8,11H2,1H3. The van der Waals surface area contributed by atoms with Gasteiger partial charge in [-0.3, -0.25) is 0 Å². The number of rotatable bonds is 5. The Morgan fingerprint density at radius 1 is 1.35 bits per heavy atom. The molecular weight excluding hydrogens is 226 g/mol. The van der Waals surface area contributed by atoms with Crippen molar-refractivity contribution in [1.29, 1.82) is 0 Å². The Morgan fingerprint density at radius 3 is 3.06 bits per heavy atom. The summed E-state index contributed by atoms with van der Waals surface area (Å²) in [4.78, 5) is 0. The van der Waals surface area contributed by atoms with Crippen molar-refractivity contribution in [3.05, 3.63) is 34.0 Å². The topological polar surface area (TPSA) is 12.0 Å². The minimum atomic E-state index is 0.563. The minimum Gasteiger partial charge on any atom is -0.310 e. The Morgan fingerprint density at radius 2 is 2.29 bits per heavy atom. The van der Waals surface area contributed by atoms with Crippen LogP contribution in [0.2, 0.25) is 0 Å². The van der Waals surface area contributed by atoms with Crippen LogP contribution < -0.4 is 5.32 Å². The van der Waals surface area contributed by atoms with E-state index in [0.717, 1.165) is 13.0 Å². The number of thiophene rings is 1. The van der Waals surface area contributed by atoms with Gasteiger partial charge in [0.25, 0.3) is 0 Å². The zero-order valence-electron chi connectivity index (χ0n) is 10.7. The zero-order chi connectivity index (χ0) is 11.9. The number of hydrogen-bond donors (Lipinski definition) is 1. The van der Waals surface area contributed by atoms with E-state index in [9.17, 15) is 0 Å². The van der Waals surface area contributed by atoms with Gasteiger partial charge >= 0.3 is 0 Å². The van der Waals surface area contributed by atoms with E-state index in [-0.39, 0.29) is 0 Å². The smallest absolute Gasteiger partial charge is 0.0320 e. The van der Waals surface area contributed by atoms with Crippen LogP contribution in [0.3, 0.4) is 0 Å². The van der Waals surface area contributed by atoms with Crippen molar-refractivity contribution in [1.82, 2.24) is 5.32 Å². The lowest BCUT2D eigenvalue weighted by atomic mass is 9.96. The summed E-state index contributed by atoms with van der Waals surface area (Å²) in [5.41, 5.74) is 3.13. The van der Waals surface area contributed by atoms with E-state index in [2.05, 4.69) is 35.1 Å². The van der Waals surface area contributed by atoms with E-state index in [1.807, 2.05) is 0 Å². The summed E-state index contributed by atoms with van der Waals surface area (Å²) in [6.07, 6.45) is 10.4. The van der Waals surface area contributed by atoms with Gasteiger partial charge in [-0.15, -0.1) is 0 Å². The molecule has 0 saturated carbocycles. The molecule has 94 valence electrons. The fourth-order valence-corrected chi connectivity index (χ4v) is 3.26. The van der Waals surface area contributed by atoms with Gasteiger partial charge in [-0.25, -0.2) is 0 Å². The molecule has 1 atom stereocenters. The maximum absolute atomic E-state index is 3.65. The summed E-state index contributed by atoms with van der Waals surface area (Å²) in [5, 5.41) is 8.11. The van der Waals surface area contributed by atoms with E-state index >= 15 is 0 Å². The molecule has 1 unspecified atom stereocenters. The van der Waals surface area contributed by atoms with Crippen molar-refractivity contribution in [2.75, 3.05) is 6.54 Å². The summed E-state index contributed by atoms with van der Waals surface area (Å²) >= 11 is 1.80. The lowest BCUT2D eigenvalue weighted by molar-refractivity contribution is 0.562. The predicted molar refractivity (Wildman–Crippen MR) is 76.7 cm³/mol. The first-order valence-electron chi connectivity index (χ1n) is 6.83. The first-order valence-corrected chi connectivity index (χ1v) is 7.78. The average molecular weight is 249 g/mol. The van der Waals surface area contributed by atoms with Gasteiger partial charge in [-0.05, 0) is 61.0 Å². The van der Waals surface area contributed by atoms with Crippen LogP contribution in [0.1, 0.15) is 44.6 Å². The van der Waals surface area contributed by atoms with E-state index in [0.29, 0.717) is 6.04 Å². The molecule has 1 nitrogen and oxygen atoms in total. The summed E-state index contributed by atoms with van der Waals surface area (Å²) in [6.45, 7) is 3.27. The molecular formula is C15H23NS. The molecule has 0 saturated heterocycles. The second-order valence-corrected chi connectivity index (χ2v) is 5.60. The maximum Gasteiger partial charge on any atom is 0.0320 e. The summed E-state index contributed by atoms with van der Waals surface area (Å²) in [5.74, 6) is 0. The fraction of sp³-hybridized carbons (Fsp3) is 0.600. The monoisotopic (exact) mass is 249 g/mol. The molecule has 0 aromatic carbocycles. The largest absolute Gasteiger partial charge is 0.310 e. The molecule has 1 aromatic heterocycles. The summed E-state index contributed by atoms with van der Waals surface area (Å²) < 4.78 is 0. The van der Waals surface area contributed by atoms with Crippen LogP contribution in [0, 0.1) is 0 Å². The third-order valence-electron chi connectivity index (χ3n) is 3.49. The van der Waals surface area contributed by atoms with Gasteiger partial charge in [0.2, 0.25) is 0 Å². The molecule has 1 aliphatic rings. The van der Waals surface area contributed by atoms with Gasteiger partial charge in [0, 0.05) is 6.04 Å². The first-order chi connectivity index (χ1) is 8.40. The number of nitrogens with one attached hydrogen (secondary N) is 1. The van der Waals surface area contributed by atoms with Crippen molar-refractivity contribution < 1.29 is 0 Å². The van der Waals surface area contributed by atoms with Crippen LogP contribution >= 0.6 is 11.3 Å². The van der Waals surface area contributed by atoms with Crippen molar-refractivity contribution in [2.24, 2.45) is 0 Å². The lowest BCUT2D eigenvalue weighted by Crippen LogP contribution is -2.32. The predicted octanol–water partition coefficient (Wildman–Crippen LogP) is 4.16. The highest BCUT2D eigenvalue weighted by molar-refractivity contribution is 7.07. The molecule has 0 aliphatic heterocycles. The first kappa shape index (κ1) is 12.8. The third-order valence-corrected chi connectivity index (χ3v) is 4.23. The van der Waals surface area contributed by atoms with Crippen molar-refractivity contribution >= 4 is 11.3 Å². The van der Waals surface area contributed by atoms with Gasteiger partial charge in [-0.2, -0.15) is 11.3 Å². The zero-order valence-corrected chi connectivity index (χ0v) is 11.6. The Balaban J connectivity index is 2.02. The highest BCUT2D eigenvalue weighted by Crippen LogP contribution is 2.22. The van der Waals surface area contributed by atoms with Crippen LogP contribution in [0.4, 0.5) is 0 Å².